The van der Waals surface area contributed by atoms with Crippen molar-refractivity contribution < 1.29 is 0 Å². The van der Waals surface area contributed by atoms with Crippen LogP contribution in [0.5, 0.6) is 0 Å². The van der Waals surface area contributed by atoms with E-state index < -0.39 is 8.80 Å². The third kappa shape index (κ3) is 3.63. The monoisotopic (exact) mass is 299 g/mol. The predicted molar refractivity (Wildman–Crippen MR) is 98.1 cm³/mol. The number of hydrogen-bond donors (Lipinski definition) is 0. The first-order valence-corrected chi connectivity index (χ1v) is 9.13. The van der Waals surface area contributed by atoms with Crippen molar-refractivity contribution in [3.8, 4) is 0 Å². The average molecular weight is 299 g/mol. The molecule has 0 aliphatic carbocycles. The first-order valence-electron chi connectivity index (χ1n) is 7.55. The molecule has 0 aromatic heterocycles. The summed E-state index contributed by atoms with van der Waals surface area (Å²) in [7, 11) is -0.888. The zero-order valence-corrected chi connectivity index (χ0v) is 13.7. The Labute approximate surface area is 134 Å². The van der Waals surface area contributed by atoms with Crippen LogP contribution in [-0.2, 0) is 0 Å². The van der Waals surface area contributed by atoms with E-state index in [2.05, 4.69) is 104 Å². The maximum Gasteiger partial charge on any atom is 0.147 e. The van der Waals surface area contributed by atoms with E-state index in [0.29, 0.717) is 0 Å². The Morgan fingerprint density at radius 2 is 1.14 bits per heavy atom. The maximum atomic E-state index is 2.39. The van der Waals surface area contributed by atoms with Crippen LogP contribution < -0.4 is 10.4 Å². The van der Waals surface area contributed by atoms with E-state index in [0.717, 1.165) is 0 Å². The lowest BCUT2D eigenvalue weighted by Gasteiger charge is -2.11. The second-order valence-corrected chi connectivity index (χ2v) is 7.71. The van der Waals surface area contributed by atoms with E-state index in [4.69, 9.17) is 0 Å². The minimum absolute atomic E-state index is 0.888. The van der Waals surface area contributed by atoms with Crippen LogP contribution in [-0.4, -0.2) is 8.80 Å². The topological polar surface area (TPSA) is 0 Å². The maximum absolute atomic E-state index is 2.39. The Kier molecular flexibility index (Phi) is 4.67. The summed E-state index contributed by atoms with van der Waals surface area (Å²) < 4.78 is 0. The van der Waals surface area contributed by atoms with Gasteiger partial charge in [0.1, 0.15) is 8.80 Å². The van der Waals surface area contributed by atoms with E-state index in [1.165, 1.54) is 21.5 Å². The van der Waals surface area contributed by atoms with Gasteiger partial charge in [-0.05, 0) is 12.5 Å². The van der Waals surface area contributed by atoms with E-state index >= 15 is 0 Å². The van der Waals surface area contributed by atoms with Gasteiger partial charge >= 0.3 is 0 Å². The van der Waals surface area contributed by atoms with Crippen molar-refractivity contribution in [3.05, 3.63) is 102 Å². The molecular weight excluding hydrogens is 280 g/mol. The van der Waals surface area contributed by atoms with Gasteiger partial charge in [-0.25, -0.2) is 0 Å². The summed E-state index contributed by atoms with van der Waals surface area (Å²) in [5.74, 6) is 0. The molecule has 0 amide bonds. The first kappa shape index (κ1) is 14.5. The highest BCUT2D eigenvalue weighted by atomic mass is 28.3. The molecule has 22 heavy (non-hydrogen) atoms. The number of benzene rings is 3. The largest absolute Gasteiger partial charge is 0.147 e. The second-order valence-electron chi connectivity index (χ2n) is 5.39. The molecule has 0 aliphatic rings. The second kappa shape index (κ2) is 7.06. The van der Waals surface area contributed by atoms with Crippen LogP contribution in [0.3, 0.4) is 0 Å². The van der Waals surface area contributed by atoms with Gasteiger partial charge in [0.25, 0.3) is 0 Å². The van der Waals surface area contributed by atoms with Crippen LogP contribution in [0.4, 0.5) is 0 Å². The molecule has 0 nitrogen and oxygen atoms in total. The Hall–Kier alpha value is -2.38. The average Bonchev–Trinajstić information content (AvgIpc) is 2.59. The highest BCUT2D eigenvalue weighted by Gasteiger charge is 2.12. The SMILES string of the molecule is Cc1ccc(/C=C/[Si](c2ccccc2)c2ccccc2)cc1. The Morgan fingerprint density at radius 3 is 1.64 bits per heavy atom. The molecule has 0 N–H and O–H groups in total. The van der Waals surface area contributed by atoms with Gasteiger partial charge in [-0.1, -0.05) is 113 Å². The van der Waals surface area contributed by atoms with E-state index in [1.54, 1.807) is 0 Å². The summed E-state index contributed by atoms with van der Waals surface area (Å²) in [6.45, 7) is 2.12. The molecule has 107 valence electrons. The summed E-state index contributed by atoms with van der Waals surface area (Å²) in [6.07, 6.45) is 2.26. The van der Waals surface area contributed by atoms with Crippen molar-refractivity contribution >= 4 is 25.2 Å². The molecule has 0 bridgehead atoms. The van der Waals surface area contributed by atoms with Crippen molar-refractivity contribution in [2.24, 2.45) is 0 Å². The van der Waals surface area contributed by atoms with Gasteiger partial charge in [-0.3, -0.25) is 0 Å². The van der Waals surface area contributed by atoms with Gasteiger partial charge in [0.2, 0.25) is 0 Å². The molecule has 0 heterocycles. The third-order valence-electron chi connectivity index (χ3n) is 3.69. The molecule has 3 aromatic carbocycles. The van der Waals surface area contributed by atoms with Gasteiger partial charge in [0.05, 0.1) is 0 Å². The van der Waals surface area contributed by atoms with Crippen molar-refractivity contribution in [2.75, 3.05) is 0 Å². The highest BCUT2D eigenvalue weighted by molar-refractivity contribution is 6.89. The van der Waals surface area contributed by atoms with Crippen molar-refractivity contribution in [2.45, 2.75) is 6.92 Å². The number of hydrogen-bond acceptors (Lipinski definition) is 0. The molecule has 3 rings (SSSR count). The van der Waals surface area contributed by atoms with Crippen LogP contribution in [0, 0.1) is 6.92 Å². The van der Waals surface area contributed by atoms with E-state index in [9.17, 15) is 0 Å². The summed E-state index contributed by atoms with van der Waals surface area (Å²) >= 11 is 0. The predicted octanol–water partition coefficient (Wildman–Crippen LogP) is 3.86. The lowest BCUT2D eigenvalue weighted by molar-refractivity contribution is 1.46. The third-order valence-corrected chi connectivity index (χ3v) is 6.10. The Morgan fingerprint density at radius 1 is 0.636 bits per heavy atom. The molecular formula is C21H19Si. The fourth-order valence-electron chi connectivity index (χ4n) is 2.45. The van der Waals surface area contributed by atoms with Gasteiger partial charge in [0.15, 0.2) is 0 Å². The number of aryl methyl sites for hydroxylation is 1. The molecule has 0 spiro atoms. The molecule has 0 unspecified atom stereocenters. The van der Waals surface area contributed by atoms with Crippen molar-refractivity contribution in [1.82, 2.24) is 0 Å². The van der Waals surface area contributed by atoms with E-state index in [1.807, 2.05) is 0 Å². The van der Waals surface area contributed by atoms with Crippen LogP contribution in [0.1, 0.15) is 11.1 Å². The van der Waals surface area contributed by atoms with Crippen molar-refractivity contribution in [3.63, 3.8) is 0 Å². The summed E-state index contributed by atoms with van der Waals surface area (Å²) in [4.78, 5) is 0. The fourth-order valence-corrected chi connectivity index (χ4v) is 4.63. The fraction of sp³-hybridized carbons (Fsp3) is 0.0476. The first-order chi connectivity index (χ1) is 10.8. The van der Waals surface area contributed by atoms with E-state index in [-0.39, 0.29) is 0 Å². The molecule has 0 atom stereocenters. The molecule has 0 saturated heterocycles. The zero-order valence-electron chi connectivity index (χ0n) is 12.7. The number of rotatable bonds is 4. The van der Waals surface area contributed by atoms with Crippen LogP contribution in [0.15, 0.2) is 90.6 Å². The van der Waals surface area contributed by atoms with Crippen molar-refractivity contribution in [1.29, 1.82) is 0 Å². The molecule has 1 heteroatoms. The quantitative estimate of drug-likeness (QED) is 0.642. The van der Waals surface area contributed by atoms with Gasteiger partial charge in [0, 0.05) is 0 Å². The smallest absolute Gasteiger partial charge is 0.0867 e. The Bertz CT molecular complexity index is 688. The molecule has 0 fully saturated rings. The van der Waals surface area contributed by atoms with Crippen LogP contribution >= 0.6 is 0 Å². The molecule has 0 aliphatic heterocycles. The molecule has 1 radical (unpaired) electrons. The lowest BCUT2D eigenvalue weighted by Crippen LogP contribution is -2.40. The lowest BCUT2D eigenvalue weighted by atomic mass is 10.2. The minimum Gasteiger partial charge on any atom is -0.0867 e. The highest BCUT2D eigenvalue weighted by Crippen LogP contribution is 2.06. The zero-order chi connectivity index (χ0) is 15.2. The molecule has 3 aromatic rings. The van der Waals surface area contributed by atoms with Gasteiger partial charge < -0.3 is 0 Å². The normalized spacial score (nSPS) is 11.2. The molecule has 0 saturated carbocycles. The van der Waals surface area contributed by atoms with Gasteiger partial charge in [-0.15, -0.1) is 0 Å². The van der Waals surface area contributed by atoms with Gasteiger partial charge in [-0.2, -0.15) is 0 Å². The standard InChI is InChI=1S/C21H19Si/c1-18-12-14-19(15-13-18)16-17-22(20-8-4-2-5-9-20)21-10-6-3-7-11-21/h2-17H,1H3/b17-16+. The van der Waals surface area contributed by atoms with Crippen LogP contribution in [0.25, 0.3) is 6.08 Å². The van der Waals surface area contributed by atoms with Crippen LogP contribution in [0.2, 0.25) is 0 Å². The minimum atomic E-state index is -0.888. The summed E-state index contributed by atoms with van der Waals surface area (Å²) in [5, 5.41) is 2.84. The Balaban J connectivity index is 1.94. The summed E-state index contributed by atoms with van der Waals surface area (Å²) in [6, 6.07) is 30.3. The summed E-state index contributed by atoms with van der Waals surface area (Å²) in [5.41, 5.74) is 4.95.